The van der Waals surface area contributed by atoms with Crippen LogP contribution in [0.15, 0.2) is 54.6 Å². The Bertz CT molecular complexity index is 666. The summed E-state index contributed by atoms with van der Waals surface area (Å²) < 4.78 is 13.0. The molecule has 0 bridgehead atoms. The molecule has 2 aromatic carbocycles. The van der Waals surface area contributed by atoms with Gasteiger partial charge in [-0.3, -0.25) is 4.79 Å². The molecule has 120 valence electrons. The molecule has 0 aromatic heterocycles. The number of carbonyl (C=O) groups excluding carboxylic acids is 1. The van der Waals surface area contributed by atoms with Crippen molar-refractivity contribution in [3.63, 3.8) is 0 Å². The van der Waals surface area contributed by atoms with Crippen LogP contribution >= 0.6 is 0 Å². The van der Waals surface area contributed by atoms with Crippen molar-refractivity contribution in [1.82, 2.24) is 4.90 Å². The smallest absolute Gasteiger partial charge is 0.226 e. The standard InChI is InChI=1S/C20H22FNO/c1-14(2)22(13-15-6-4-3-5-7-15)20(23)19-12-18(19)16-8-10-17(21)11-9-16/h3-11,14,18-19H,12-13H2,1-2H3. The summed E-state index contributed by atoms with van der Waals surface area (Å²) in [4.78, 5) is 14.8. The highest BCUT2D eigenvalue weighted by molar-refractivity contribution is 5.83. The molecule has 0 spiro atoms. The summed E-state index contributed by atoms with van der Waals surface area (Å²) in [7, 11) is 0. The number of hydrogen-bond donors (Lipinski definition) is 0. The van der Waals surface area contributed by atoms with Gasteiger partial charge < -0.3 is 4.90 Å². The second kappa shape index (κ2) is 6.53. The van der Waals surface area contributed by atoms with Crippen LogP contribution in [0.2, 0.25) is 0 Å². The van der Waals surface area contributed by atoms with Gasteiger partial charge in [0.05, 0.1) is 0 Å². The van der Waals surface area contributed by atoms with Gasteiger partial charge in [0.2, 0.25) is 5.91 Å². The Kier molecular flexibility index (Phi) is 4.46. The number of carbonyl (C=O) groups is 1. The van der Waals surface area contributed by atoms with Crippen LogP contribution in [0, 0.1) is 11.7 Å². The second-order valence-electron chi connectivity index (χ2n) is 6.55. The van der Waals surface area contributed by atoms with E-state index in [-0.39, 0.29) is 29.6 Å². The summed E-state index contributed by atoms with van der Waals surface area (Å²) >= 11 is 0. The summed E-state index contributed by atoms with van der Waals surface area (Å²) in [5, 5.41) is 0. The van der Waals surface area contributed by atoms with Gasteiger partial charge in [-0.1, -0.05) is 42.5 Å². The Labute approximate surface area is 136 Å². The number of halogens is 1. The van der Waals surface area contributed by atoms with Crippen LogP contribution in [0.4, 0.5) is 4.39 Å². The Hall–Kier alpha value is -2.16. The highest BCUT2D eigenvalue weighted by Crippen LogP contribution is 2.48. The largest absolute Gasteiger partial charge is 0.336 e. The SMILES string of the molecule is CC(C)N(Cc1ccccc1)C(=O)C1CC1c1ccc(F)cc1. The van der Waals surface area contributed by atoms with Gasteiger partial charge in [-0.2, -0.15) is 0 Å². The fourth-order valence-electron chi connectivity index (χ4n) is 3.05. The summed E-state index contributed by atoms with van der Waals surface area (Å²) in [6.45, 7) is 4.75. The lowest BCUT2D eigenvalue weighted by Crippen LogP contribution is -2.37. The van der Waals surface area contributed by atoms with Crippen molar-refractivity contribution in [2.24, 2.45) is 5.92 Å². The molecule has 1 saturated carbocycles. The number of rotatable bonds is 5. The van der Waals surface area contributed by atoms with E-state index in [2.05, 4.69) is 13.8 Å². The normalized spacial score (nSPS) is 19.7. The molecule has 1 fully saturated rings. The van der Waals surface area contributed by atoms with E-state index in [0.717, 1.165) is 17.5 Å². The van der Waals surface area contributed by atoms with Crippen LogP contribution in [0.3, 0.4) is 0 Å². The maximum atomic E-state index is 13.0. The lowest BCUT2D eigenvalue weighted by Gasteiger charge is -2.27. The Morgan fingerprint density at radius 1 is 1.13 bits per heavy atom. The molecule has 2 unspecified atom stereocenters. The Balaban J connectivity index is 1.69. The lowest BCUT2D eigenvalue weighted by molar-refractivity contribution is -0.135. The molecule has 2 atom stereocenters. The van der Waals surface area contributed by atoms with Crippen molar-refractivity contribution < 1.29 is 9.18 Å². The van der Waals surface area contributed by atoms with Crippen molar-refractivity contribution in [3.05, 3.63) is 71.5 Å². The van der Waals surface area contributed by atoms with E-state index < -0.39 is 0 Å². The third kappa shape index (κ3) is 3.61. The van der Waals surface area contributed by atoms with Crippen LogP contribution < -0.4 is 0 Å². The first-order chi connectivity index (χ1) is 11.1. The van der Waals surface area contributed by atoms with E-state index in [1.165, 1.54) is 12.1 Å². The van der Waals surface area contributed by atoms with Gasteiger partial charge in [0, 0.05) is 18.5 Å². The van der Waals surface area contributed by atoms with Crippen LogP contribution in [-0.4, -0.2) is 16.8 Å². The number of hydrogen-bond acceptors (Lipinski definition) is 1. The fraction of sp³-hybridized carbons (Fsp3) is 0.350. The number of amides is 1. The maximum Gasteiger partial charge on any atom is 0.226 e. The van der Waals surface area contributed by atoms with Crippen LogP contribution in [0.5, 0.6) is 0 Å². The number of benzene rings is 2. The van der Waals surface area contributed by atoms with E-state index in [1.807, 2.05) is 35.2 Å². The zero-order valence-corrected chi connectivity index (χ0v) is 13.6. The maximum absolute atomic E-state index is 13.0. The van der Waals surface area contributed by atoms with E-state index in [9.17, 15) is 9.18 Å². The van der Waals surface area contributed by atoms with E-state index in [0.29, 0.717) is 6.54 Å². The van der Waals surface area contributed by atoms with Crippen molar-refractivity contribution in [1.29, 1.82) is 0 Å². The van der Waals surface area contributed by atoms with E-state index >= 15 is 0 Å². The molecule has 1 amide bonds. The minimum Gasteiger partial charge on any atom is -0.336 e. The molecule has 0 radical (unpaired) electrons. The molecule has 23 heavy (non-hydrogen) atoms. The van der Waals surface area contributed by atoms with Gasteiger partial charge in [-0.15, -0.1) is 0 Å². The van der Waals surface area contributed by atoms with Crippen LogP contribution in [0.25, 0.3) is 0 Å². The molecule has 3 rings (SSSR count). The summed E-state index contributed by atoms with van der Waals surface area (Å²) in [6.07, 6.45) is 0.864. The molecule has 0 saturated heterocycles. The number of nitrogens with zero attached hydrogens (tertiary/aromatic N) is 1. The van der Waals surface area contributed by atoms with Gasteiger partial charge >= 0.3 is 0 Å². The molecular weight excluding hydrogens is 289 g/mol. The van der Waals surface area contributed by atoms with Crippen LogP contribution in [-0.2, 0) is 11.3 Å². The zero-order chi connectivity index (χ0) is 16.4. The molecule has 0 N–H and O–H groups in total. The second-order valence-corrected chi connectivity index (χ2v) is 6.55. The van der Waals surface area contributed by atoms with Crippen LogP contribution in [0.1, 0.15) is 37.3 Å². The molecule has 1 aliphatic rings. The molecule has 3 heteroatoms. The van der Waals surface area contributed by atoms with E-state index in [1.54, 1.807) is 12.1 Å². The molecular formula is C20H22FNO. The summed E-state index contributed by atoms with van der Waals surface area (Å²) in [5.74, 6) is 0.245. The third-order valence-electron chi connectivity index (χ3n) is 4.51. The van der Waals surface area contributed by atoms with Gasteiger partial charge in [-0.05, 0) is 49.4 Å². The van der Waals surface area contributed by atoms with Crippen molar-refractivity contribution in [2.45, 2.75) is 38.8 Å². The Morgan fingerprint density at radius 3 is 2.39 bits per heavy atom. The molecule has 0 aliphatic heterocycles. The molecule has 0 heterocycles. The van der Waals surface area contributed by atoms with Gasteiger partial charge in [0.25, 0.3) is 0 Å². The predicted molar refractivity (Wildman–Crippen MR) is 89.4 cm³/mol. The van der Waals surface area contributed by atoms with Crippen molar-refractivity contribution >= 4 is 5.91 Å². The first-order valence-electron chi connectivity index (χ1n) is 8.16. The minimum absolute atomic E-state index is 0.0339. The molecule has 2 aromatic rings. The topological polar surface area (TPSA) is 20.3 Å². The quantitative estimate of drug-likeness (QED) is 0.803. The first kappa shape index (κ1) is 15.7. The molecule has 2 nitrogen and oxygen atoms in total. The molecule has 1 aliphatic carbocycles. The van der Waals surface area contributed by atoms with Gasteiger partial charge in [0.15, 0.2) is 0 Å². The van der Waals surface area contributed by atoms with E-state index in [4.69, 9.17) is 0 Å². The zero-order valence-electron chi connectivity index (χ0n) is 13.6. The Morgan fingerprint density at radius 2 is 1.78 bits per heavy atom. The third-order valence-corrected chi connectivity index (χ3v) is 4.51. The highest BCUT2D eigenvalue weighted by atomic mass is 19.1. The van der Waals surface area contributed by atoms with Crippen molar-refractivity contribution in [3.8, 4) is 0 Å². The average Bonchev–Trinajstić information content (AvgIpc) is 3.34. The van der Waals surface area contributed by atoms with Gasteiger partial charge in [-0.25, -0.2) is 4.39 Å². The summed E-state index contributed by atoms with van der Waals surface area (Å²) in [5.41, 5.74) is 2.21. The van der Waals surface area contributed by atoms with Gasteiger partial charge in [0.1, 0.15) is 5.82 Å². The summed E-state index contributed by atoms with van der Waals surface area (Å²) in [6, 6.07) is 16.8. The fourth-order valence-corrected chi connectivity index (χ4v) is 3.05. The highest BCUT2D eigenvalue weighted by Gasteiger charge is 2.46. The predicted octanol–water partition coefficient (Wildman–Crippen LogP) is 4.37. The first-order valence-corrected chi connectivity index (χ1v) is 8.16. The average molecular weight is 311 g/mol. The monoisotopic (exact) mass is 311 g/mol. The minimum atomic E-state index is -0.231. The van der Waals surface area contributed by atoms with Crippen molar-refractivity contribution in [2.75, 3.05) is 0 Å². The lowest BCUT2D eigenvalue weighted by atomic mass is 10.1.